The van der Waals surface area contributed by atoms with Gasteiger partial charge in [-0.2, -0.15) is 0 Å². The summed E-state index contributed by atoms with van der Waals surface area (Å²) in [6.07, 6.45) is 2.56. The van der Waals surface area contributed by atoms with Crippen LogP contribution in [0.5, 0.6) is 0 Å². The molecule has 2 aromatic rings. The van der Waals surface area contributed by atoms with Gasteiger partial charge in [0.05, 0.1) is 21.6 Å². The van der Waals surface area contributed by atoms with Crippen molar-refractivity contribution in [3.05, 3.63) is 17.8 Å². The molecule has 8 heteroatoms. The molecule has 2 amide bonds. The number of thiazole rings is 1. The first-order valence-corrected chi connectivity index (χ1v) is 7.93. The first-order chi connectivity index (χ1) is 10.6. The fourth-order valence-electron chi connectivity index (χ4n) is 3.68. The van der Waals surface area contributed by atoms with E-state index in [-0.39, 0.29) is 17.2 Å². The molecule has 2 aliphatic heterocycles. The Labute approximate surface area is 130 Å². The van der Waals surface area contributed by atoms with Crippen molar-refractivity contribution in [3.63, 3.8) is 0 Å². The summed E-state index contributed by atoms with van der Waals surface area (Å²) in [4.78, 5) is 35.3. The molecule has 22 heavy (non-hydrogen) atoms. The zero-order valence-electron chi connectivity index (χ0n) is 11.8. The number of nitrogens with zero attached hydrogens (tertiary/aromatic N) is 4. The molecule has 2 aliphatic rings. The van der Waals surface area contributed by atoms with Gasteiger partial charge in [-0.1, -0.05) is 0 Å². The maximum Gasteiger partial charge on any atom is 0.223 e. The third-order valence-corrected chi connectivity index (χ3v) is 5.54. The topological polar surface area (TPSA) is 92.4 Å². The summed E-state index contributed by atoms with van der Waals surface area (Å²) >= 11 is 1.54. The second-order valence-electron chi connectivity index (χ2n) is 6.04. The van der Waals surface area contributed by atoms with Crippen molar-refractivity contribution >= 4 is 39.7 Å². The number of pyridine rings is 1. The Bertz CT molecular complexity index is 755. The molecule has 114 valence electrons. The van der Waals surface area contributed by atoms with Crippen LogP contribution < -0.4 is 10.6 Å². The molecule has 2 saturated heterocycles. The fraction of sp³-hybridized carbons (Fsp3) is 0.429. The lowest BCUT2D eigenvalue weighted by Gasteiger charge is -2.48. The smallest absolute Gasteiger partial charge is 0.223 e. The maximum absolute atomic E-state index is 11.9. The van der Waals surface area contributed by atoms with Gasteiger partial charge in [0.1, 0.15) is 5.82 Å². The van der Waals surface area contributed by atoms with Gasteiger partial charge in [0, 0.05) is 37.8 Å². The number of nitrogens with two attached hydrogens (primary N) is 1. The highest BCUT2D eigenvalue weighted by molar-refractivity contribution is 7.17. The molecule has 0 aliphatic carbocycles. The SMILES string of the molecule is NC(=O)C1CN(c2nccc3ncsc23)CC12CN(C=O)C2. The molecule has 4 heterocycles. The van der Waals surface area contributed by atoms with E-state index in [1.165, 1.54) is 0 Å². The minimum Gasteiger partial charge on any atom is -0.369 e. The Balaban J connectivity index is 1.69. The number of amides is 2. The van der Waals surface area contributed by atoms with Crippen LogP contribution in [0.1, 0.15) is 0 Å². The van der Waals surface area contributed by atoms with Crippen LogP contribution in [-0.4, -0.2) is 53.4 Å². The van der Waals surface area contributed by atoms with E-state index in [1.54, 1.807) is 27.9 Å². The highest BCUT2D eigenvalue weighted by Gasteiger charge is 2.56. The maximum atomic E-state index is 11.9. The van der Waals surface area contributed by atoms with Gasteiger partial charge in [-0.05, 0) is 6.07 Å². The molecule has 2 N–H and O–H groups in total. The molecule has 2 aromatic heterocycles. The van der Waals surface area contributed by atoms with Crippen molar-refractivity contribution in [2.24, 2.45) is 17.1 Å². The second kappa shape index (κ2) is 4.64. The number of fused-ring (bicyclic) bond motifs is 1. The van der Waals surface area contributed by atoms with Crippen LogP contribution in [0.25, 0.3) is 10.2 Å². The van der Waals surface area contributed by atoms with Crippen molar-refractivity contribution in [1.29, 1.82) is 0 Å². The first-order valence-electron chi connectivity index (χ1n) is 7.05. The first kappa shape index (κ1) is 13.4. The van der Waals surface area contributed by atoms with Crippen molar-refractivity contribution < 1.29 is 9.59 Å². The molecule has 1 atom stereocenters. The summed E-state index contributed by atoms with van der Waals surface area (Å²) in [5.41, 5.74) is 8.07. The monoisotopic (exact) mass is 317 g/mol. The summed E-state index contributed by atoms with van der Waals surface area (Å²) < 4.78 is 1.02. The molecular weight excluding hydrogens is 302 g/mol. The largest absolute Gasteiger partial charge is 0.369 e. The van der Waals surface area contributed by atoms with E-state index in [0.29, 0.717) is 26.2 Å². The average molecular weight is 317 g/mol. The molecule has 4 rings (SSSR count). The van der Waals surface area contributed by atoms with Gasteiger partial charge in [-0.3, -0.25) is 9.59 Å². The van der Waals surface area contributed by atoms with E-state index in [0.717, 1.165) is 22.4 Å². The van der Waals surface area contributed by atoms with E-state index >= 15 is 0 Å². The third kappa shape index (κ3) is 1.80. The van der Waals surface area contributed by atoms with Crippen molar-refractivity contribution in [2.45, 2.75) is 0 Å². The zero-order chi connectivity index (χ0) is 15.3. The van der Waals surface area contributed by atoms with E-state index in [4.69, 9.17) is 5.73 Å². The average Bonchev–Trinajstić information content (AvgIpc) is 3.09. The molecule has 1 unspecified atom stereocenters. The molecule has 0 radical (unpaired) electrons. The second-order valence-corrected chi connectivity index (χ2v) is 6.90. The highest BCUT2D eigenvalue weighted by atomic mass is 32.1. The van der Waals surface area contributed by atoms with E-state index in [2.05, 4.69) is 14.9 Å². The summed E-state index contributed by atoms with van der Waals surface area (Å²) in [5, 5.41) is 0. The predicted octanol–water partition coefficient (Wildman–Crippen LogP) is 0.0712. The van der Waals surface area contributed by atoms with Crippen LogP contribution in [0.2, 0.25) is 0 Å². The lowest BCUT2D eigenvalue weighted by molar-refractivity contribution is -0.138. The normalized spacial score (nSPS) is 23.0. The lowest BCUT2D eigenvalue weighted by Crippen LogP contribution is -2.61. The zero-order valence-corrected chi connectivity index (χ0v) is 12.6. The quantitative estimate of drug-likeness (QED) is 0.809. The summed E-state index contributed by atoms with van der Waals surface area (Å²) in [7, 11) is 0. The van der Waals surface area contributed by atoms with Crippen molar-refractivity contribution in [2.75, 3.05) is 31.1 Å². The number of hydrogen-bond acceptors (Lipinski definition) is 6. The van der Waals surface area contributed by atoms with Crippen molar-refractivity contribution in [3.8, 4) is 0 Å². The van der Waals surface area contributed by atoms with Crippen LogP contribution in [0.15, 0.2) is 17.8 Å². The van der Waals surface area contributed by atoms with Gasteiger partial charge < -0.3 is 15.5 Å². The molecule has 0 bridgehead atoms. The van der Waals surface area contributed by atoms with E-state index in [9.17, 15) is 9.59 Å². The number of carbonyl (C=O) groups is 2. The number of anilines is 1. The summed E-state index contributed by atoms with van der Waals surface area (Å²) in [6, 6.07) is 1.88. The van der Waals surface area contributed by atoms with Crippen LogP contribution >= 0.6 is 11.3 Å². The number of primary amides is 1. The number of rotatable bonds is 3. The Kier molecular flexibility index (Phi) is 2.83. The van der Waals surface area contributed by atoms with E-state index in [1.807, 2.05) is 6.07 Å². The molecular formula is C14H15N5O2S. The molecule has 1 spiro atoms. The van der Waals surface area contributed by atoms with Gasteiger partial charge in [-0.25, -0.2) is 9.97 Å². The number of likely N-dealkylation sites (tertiary alicyclic amines) is 1. The Morgan fingerprint density at radius 1 is 1.41 bits per heavy atom. The highest BCUT2D eigenvalue weighted by Crippen LogP contribution is 2.45. The molecule has 2 fully saturated rings. The van der Waals surface area contributed by atoms with Gasteiger partial charge in [0.2, 0.25) is 12.3 Å². The molecule has 7 nitrogen and oxygen atoms in total. The molecule has 0 saturated carbocycles. The summed E-state index contributed by atoms with van der Waals surface area (Å²) in [6.45, 7) is 2.40. The van der Waals surface area contributed by atoms with Crippen molar-refractivity contribution in [1.82, 2.24) is 14.9 Å². The van der Waals surface area contributed by atoms with Crippen LogP contribution in [-0.2, 0) is 9.59 Å². The summed E-state index contributed by atoms with van der Waals surface area (Å²) in [5.74, 6) is 0.297. The third-order valence-electron chi connectivity index (χ3n) is 4.70. The Hall–Kier alpha value is -2.22. The van der Waals surface area contributed by atoms with Gasteiger partial charge in [-0.15, -0.1) is 11.3 Å². The Morgan fingerprint density at radius 3 is 2.95 bits per heavy atom. The standard InChI is InChI=1S/C14H15N5O2S/c15-12(21)9-3-19(6-14(9)4-18(5-14)8-20)13-11-10(1-2-16-13)17-7-22-11/h1-2,7-9H,3-6H2,(H2,15,21). The van der Waals surface area contributed by atoms with Crippen LogP contribution in [0, 0.1) is 11.3 Å². The lowest BCUT2D eigenvalue weighted by atomic mass is 9.71. The Morgan fingerprint density at radius 2 is 2.23 bits per heavy atom. The minimum absolute atomic E-state index is 0.235. The van der Waals surface area contributed by atoms with Gasteiger partial charge in [0.25, 0.3) is 0 Å². The van der Waals surface area contributed by atoms with Gasteiger partial charge in [0.15, 0.2) is 0 Å². The van der Waals surface area contributed by atoms with E-state index < -0.39 is 0 Å². The van der Waals surface area contributed by atoms with Crippen LogP contribution in [0.3, 0.4) is 0 Å². The fourth-order valence-corrected chi connectivity index (χ4v) is 4.48. The molecule has 0 aromatic carbocycles. The van der Waals surface area contributed by atoms with Crippen LogP contribution in [0.4, 0.5) is 5.82 Å². The predicted molar refractivity (Wildman–Crippen MR) is 82.4 cm³/mol. The number of hydrogen-bond donors (Lipinski definition) is 1. The minimum atomic E-state index is -0.301. The number of carbonyl (C=O) groups excluding carboxylic acids is 2. The number of aromatic nitrogens is 2. The van der Waals surface area contributed by atoms with Gasteiger partial charge >= 0.3 is 0 Å².